The second-order valence-corrected chi connectivity index (χ2v) is 5.54. The summed E-state index contributed by atoms with van der Waals surface area (Å²) in [5.41, 5.74) is 1.17. The van der Waals surface area contributed by atoms with Crippen molar-refractivity contribution < 1.29 is 9.53 Å². The number of aryl methyl sites for hydroxylation is 1. The van der Waals surface area contributed by atoms with Crippen LogP contribution in [0.1, 0.15) is 12.5 Å². The summed E-state index contributed by atoms with van der Waals surface area (Å²) >= 11 is 0. The van der Waals surface area contributed by atoms with E-state index < -0.39 is 0 Å². The largest absolute Gasteiger partial charge is 0.492 e. The molecule has 1 amide bonds. The van der Waals surface area contributed by atoms with E-state index in [9.17, 15) is 4.79 Å². The normalized spacial score (nSPS) is 19.2. The van der Waals surface area contributed by atoms with E-state index in [1.165, 1.54) is 5.56 Å². The maximum atomic E-state index is 11.9. The summed E-state index contributed by atoms with van der Waals surface area (Å²) in [6.45, 7) is 8.49. The lowest BCUT2D eigenvalue weighted by molar-refractivity contribution is -0.123. The lowest BCUT2D eigenvalue weighted by Crippen LogP contribution is -2.52. The molecule has 0 radical (unpaired) electrons. The molecular formula is C16H25N3O2. The number of ether oxygens (including phenoxy) is 1. The molecule has 1 aromatic rings. The van der Waals surface area contributed by atoms with Crippen LogP contribution in [0.2, 0.25) is 0 Å². The van der Waals surface area contributed by atoms with Gasteiger partial charge in [0.05, 0.1) is 13.1 Å². The van der Waals surface area contributed by atoms with Gasteiger partial charge in [-0.25, -0.2) is 0 Å². The van der Waals surface area contributed by atoms with Gasteiger partial charge in [0.1, 0.15) is 12.4 Å². The van der Waals surface area contributed by atoms with Gasteiger partial charge in [0, 0.05) is 25.7 Å². The fraction of sp³-hybridized carbons (Fsp3) is 0.562. The molecule has 0 aliphatic carbocycles. The molecule has 0 saturated carbocycles. The van der Waals surface area contributed by atoms with Crippen molar-refractivity contribution in [2.75, 3.05) is 39.3 Å². The molecule has 1 atom stereocenters. The van der Waals surface area contributed by atoms with Crippen LogP contribution in [0.3, 0.4) is 0 Å². The molecule has 5 nitrogen and oxygen atoms in total. The summed E-state index contributed by atoms with van der Waals surface area (Å²) in [6.07, 6.45) is 0. The quantitative estimate of drug-likeness (QED) is 0.761. The van der Waals surface area contributed by atoms with Gasteiger partial charge in [0.2, 0.25) is 5.91 Å². The predicted octanol–water partition coefficient (Wildman–Crippen LogP) is 0.784. The molecule has 1 aromatic carbocycles. The second kappa shape index (κ2) is 8.00. The fourth-order valence-electron chi connectivity index (χ4n) is 2.42. The molecule has 5 heteroatoms. The van der Waals surface area contributed by atoms with Gasteiger partial charge in [-0.15, -0.1) is 0 Å². The minimum Gasteiger partial charge on any atom is -0.492 e. The summed E-state index contributed by atoms with van der Waals surface area (Å²) in [5.74, 6) is 0.913. The Morgan fingerprint density at radius 1 is 1.52 bits per heavy atom. The first kappa shape index (κ1) is 15.8. The number of carbonyl (C=O) groups is 1. The van der Waals surface area contributed by atoms with Crippen LogP contribution in [0, 0.1) is 6.92 Å². The highest BCUT2D eigenvalue weighted by atomic mass is 16.5. The molecule has 1 heterocycles. The molecule has 21 heavy (non-hydrogen) atoms. The number of nitrogens with one attached hydrogen (secondary N) is 2. The predicted molar refractivity (Wildman–Crippen MR) is 83.6 cm³/mol. The Labute approximate surface area is 126 Å². The van der Waals surface area contributed by atoms with E-state index in [-0.39, 0.29) is 5.91 Å². The van der Waals surface area contributed by atoms with Crippen molar-refractivity contribution in [3.05, 3.63) is 29.8 Å². The average Bonchev–Trinajstić information content (AvgIpc) is 2.46. The third-order valence-corrected chi connectivity index (χ3v) is 3.67. The zero-order valence-electron chi connectivity index (χ0n) is 12.9. The molecule has 1 aliphatic rings. The van der Waals surface area contributed by atoms with Crippen LogP contribution in [0.5, 0.6) is 5.75 Å². The molecule has 0 bridgehead atoms. The second-order valence-electron chi connectivity index (χ2n) is 5.54. The minimum absolute atomic E-state index is 0.0663. The van der Waals surface area contributed by atoms with E-state index in [0.717, 1.165) is 25.4 Å². The summed E-state index contributed by atoms with van der Waals surface area (Å²) in [4.78, 5) is 14.1. The highest BCUT2D eigenvalue weighted by molar-refractivity contribution is 5.78. The molecule has 0 aromatic heterocycles. The van der Waals surface area contributed by atoms with Crippen LogP contribution < -0.4 is 15.4 Å². The van der Waals surface area contributed by atoms with Crippen molar-refractivity contribution >= 4 is 5.91 Å². The molecule has 1 fully saturated rings. The Morgan fingerprint density at radius 3 is 3.14 bits per heavy atom. The van der Waals surface area contributed by atoms with Gasteiger partial charge >= 0.3 is 0 Å². The minimum atomic E-state index is 0.0663. The number of hydrogen-bond donors (Lipinski definition) is 2. The van der Waals surface area contributed by atoms with Crippen molar-refractivity contribution in [2.45, 2.75) is 19.9 Å². The van der Waals surface area contributed by atoms with Crippen LogP contribution in [0.25, 0.3) is 0 Å². The van der Waals surface area contributed by atoms with E-state index in [1.807, 2.05) is 31.2 Å². The van der Waals surface area contributed by atoms with Crippen LogP contribution >= 0.6 is 0 Å². The SMILES string of the molecule is Cc1cccc(OCCNC(=O)CN2CCNC[C@@H]2C)c1. The topological polar surface area (TPSA) is 53.6 Å². The Kier molecular flexibility index (Phi) is 6.02. The first-order valence-electron chi connectivity index (χ1n) is 7.56. The van der Waals surface area contributed by atoms with Gasteiger partial charge in [0.15, 0.2) is 0 Å². The molecular weight excluding hydrogens is 266 g/mol. The number of rotatable bonds is 6. The van der Waals surface area contributed by atoms with E-state index in [4.69, 9.17) is 4.74 Å². The van der Waals surface area contributed by atoms with Gasteiger partial charge in [-0.3, -0.25) is 9.69 Å². The Morgan fingerprint density at radius 2 is 2.38 bits per heavy atom. The van der Waals surface area contributed by atoms with Gasteiger partial charge in [0.25, 0.3) is 0 Å². The standard InChI is InChI=1S/C16H25N3O2/c1-13-4-3-5-15(10-13)21-9-7-18-16(20)12-19-8-6-17-11-14(19)2/h3-5,10,14,17H,6-9,11-12H2,1-2H3,(H,18,20)/t14-/m0/s1. The zero-order valence-corrected chi connectivity index (χ0v) is 12.9. The maximum absolute atomic E-state index is 11.9. The number of amides is 1. The number of carbonyl (C=O) groups excluding carboxylic acids is 1. The van der Waals surface area contributed by atoms with Crippen LogP contribution in [0.15, 0.2) is 24.3 Å². The van der Waals surface area contributed by atoms with Crippen LogP contribution in [-0.4, -0.2) is 56.2 Å². The Bertz CT molecular complexity index is 465. The molecule has 1 saturated heterocycles. The van der Waals surface area contributed by atoms with E-state index in [1.54, 1.807) is 0 Å². The average molecular weight is 291 g/mol. The van der Waals surface area contributed by atoms with Crippen LogP contribution in [0.4, 0.5) is 0 Å². The third kappa shape index (κ3) is 5.36. The highest BCUT2D eigenvalue weighted by Crippen LogP contribution is 2.11. The Hall–Kier alpha value is -1.59. The molecule has 2 rings (SSSR count). The van der Waals surface area contributed by atoms with Crippen molar-refractivity contribution in [2.24, 2.45) is 0 Å². The number of piperazine rings is 1. The van der Waals surface area contributed by atoms with Gasteiger partial charge < -0.3 is 15.4 Å². The lowest BCUT2D eigenvalue weighted by atomic mass is 10.2. The fourth-order valence-corrected chi connectivity index (χ4v) is 2.42. The number of nitrogens with zero attached hydrogens (tertiary/aromatic N) is 1. The lowest BCUT2D eigenvalue weighted by Gasteiger charge is -2.33. The van der Waals surface area contributed by atoms with Crippen molar-refractivity contribution in [1.82, 2.24) is 15.5 Å². The van der Waals surface area contributed by atoms with Crippen molar-refractivity contribution in [1.29, 1.82) is 0 Å². The smallest absolute Gasteiger partial charge is 0.234 e. The highest BCUT2D eigenvalue weighted by Gasteiger charge is 2.19. The monoisotopic (exact) mass is 291 g/mol. The summed E-state index contributed by atoms with van der Waals surface area (Å²) in [5, 5.41) is 6.23. The van der Waals surface area contributed by atoms with E-state index in [0.29, 0.717) is 25.7 Å². The van der Waals surface area contributed by atoms with E-state index in [2.05, 4.69) is 22.5 Å². The molecule has 2 N–H and O–H groups in total. The molecule has 1 aliphatic heterocycles. The third-order valence-electron chi connectivity index (χ3n) is 3.67. The zero-order chi connectivity index (χ0) is 15.1. The molecule has 0 spiro atoms. The summed E-state index contributed by atoms with van der Waals surface area (Å²) in [6, 6.07) is 8.33. The summed E-state index contributed by atoms with van der Waals surface area (Å²) in [7, 11) is 0. The van der Waals surface area contributed by atoms with Crippen molar-refractivity contribution in [3.63, 3.8) is 0 Å². The van der Waals surface area contributed by atoms with Gasteiger partial charge in [-0.1, -0.05) is 12.1 Å². The molecule has 116 valence electrons. The first-order valence-corrected chi connectivity index (χ1v) is 7.56. The van der Waals surface area contributed by atoms with Crippen molar-refractivity contribution in [3.8, 4) is 5.75 Å². The first-order chi connectivity index (χ1) is 10.1. The number of hydrogen-bond acceptors (Lipinski definition) is 4. The van der Waals surface area contributed by atoms with Gasteiger partial charge in [-0.05, 0) is 31.5 Å². The summed E-state index contributed by atoms with van der Waals surface area (Å²) < 4.78 is 5.61. The van der Waals surface area contributed by atoms with Crippen LogP contribution in [-0.2, 0) is 4.79 Å². The number of benzene rings is 1. The van der Waals surface area contributed by atoms with E-state index >= 15 is 0 Å². The van der Waals surface area contributed by atoms with Gasteiger partial charge in [-0.2, -0.15) is 0 Å². The maximum Gasteiger partial charge on any atom is 0.234 e. The Balaban J connectivity index is 1.63. The molecule has 0 unspecified atom stereocenters.